The molecule has 98 valence electrons. The fourth-order valence-electron chi connectivity index (χ4n) is 2.04. The first-order valence-corrected chi connectivity index (χ1v) is 6.56. The number of anilines is 1. The lowest BCUT2D eigenvalue weighted by atomic mass is 10.1. The lowest BCUT2D eigenvalue weighted by Crippen LogP contribution is -2.26. The number of amides is 1. The van der Waals surface area contributed by atoms with Crippen LogP contribution in [-0.2, 0) is 9.59 Å². The van der Waals surface area contributed by atoms with Crippen molar-refractivity contribution in [2.45, 2.75) is 18.6 Å². The maximum atomic E-state index is 13.3. The van der Waals surface area contributed by atoms with E-state index < -0.39 is 5.82 Å². The van der Waals surface area contributed by atoms with Crippen molar-refractivity contribution < 1.29 is 14.0 Å². The molecular weight excluding hydrogens is 267 g/mol. The van der Waals surface area contributed by atoms with E-state index in [2.05, 4.69) is 0 Å². The summed E-state index contributed by atoms with van der Waals surface area (Å²) in [7, 11) is 0. The van der Waals surface area contributed by atoms with Gasteiger partial charge in [-0.1, -0.05) is 11.8 Å². The zero-order chi connectivity index (χ0) is 14.0. The normalized spacial score (nSPS) is 18.5. The van der Waals surface area contributed by atoms with E-state index in [9.17, 15) is 14.0 Å². The van der Waals surface area contributed by atoms with Crippen molar-refractivity contribution in [3.05, 3.63) is 29.6 Å². The van der Waals surface area contributed by atoms with Gasteiger partial charge in [-0.3, -0.25) is 9.59 Å². The van der Waals surface area contributed by atoms with Crippen molar-refractivity contribution in [3.63, 3.8) is 0 Å². The number of thioether (sulfide) groups is 1. The van der Waals surface area contributed by atoms with E-state index in [1.54, 1.807) is 0 Å². The predicted octanol–water partition coefficient (Wildman–Crippen LogP) is 2.08. The molecule has 0 saturated carbocycles. The molecule has 19 heavy (non-hydrogen) atoms. The number of carbonyl (C=O) groups excluding carboxylic acids is 2. The van der Waals surface area contributed by atoms with Crippen LogP contribution in [0, 0.1) is 17.1 Å². The number of rotatable bonds is 2. The average molecular weight is 278 g/mol. The molecule has 1 fully saturated rings. The Bertz CT molecular complexity index is 582. The Labute approximate surface area is 114 Å². The second-order valence-electron chi connectivity index (χ2n) is 4.21. The van der Waals surface area contributed by atoms with Crippen LogP contribution in [0.5, 0.6) is 0 Å². The molecule has 1 atom stereocenters. The van der Waals surface area contributed by atoms with Crippen molar-refractivity contribution in [1.29, 1.82) is 5.26 Å². The van der Waals surface area contributed by atoms with Gasteiger partial charge in [-0.2, -0.15) is 5.26 Å². The van der Waals surface area contributed by atoms with Crippen LogP contribution in [0.1, 0.15) is 18.9 Å². The maximum Gasteiger partial charge on any atom is 0.228 e. The first kappa shape index (κ1) is 13.6. The largest absolute Gasteiger partial charge is 0.310 e. The van der Waals surface area contributed by atoms with Crippen LogP contribution in [0.15, 0.2) is 18.2 Å². The summed E-state index contributed by atoms with van der Waals surface area (Å²) in [6, 6.07) is 5.65. The fourth-order valence-corrected chi connectivity index (χ4v) is 2.96. The summed E-state index contributed by atoms with van der Waals surface area (Å²) in [6.45, 7) is 1.77. The summed E-state index contributed by atoms with van der Waals surface area (Å²) in [6.07, 6.45) is 0.228. The summed E-state index contributed by atoms with van der Waals surface area (Å²) in [4.78, 5) is 24.3. The average Bonchev–Trinajstić information content (AvgIpc) is 2.69. The topological polar surface area (TPSA) is 61.2 Å². The molecule has 0 aliphatic carbocycles. The molecule has 0 N–H and O–H groups in total. The number of halogens is 1. The smallest absolute Gasteiger partial charge is 0.228 e. The van der Waals surface area contributed by atoms with Gasteiger partial charge in [-0.15, -0.1) is 0 Å². The number of hydrogen-bond acceptors (Lipinski definition) is 4. The highest BCUT2D eigenvalue weighted by Gasteiger charge is 2.33. The molecule has 1 aliphatic rings. The molecular formula is C13H11FN2O2S. The van der Waals surface area contributed by atoms with Crippen LogP contribution in [0.3, 0.4) is 0 Å². The third-order valence-corrected chi connectivity index (χ3v) is 3.77. The van der Waals surface area contributed by atoms with Crippen LogP contribution in [0.4, 0.5) is 10.1 Å². The first-order chi connectivity index (χ1) is 9.01. The van der Waals surface area contributed by atoms with Crippen molar-refractivity contribution in [2.75, 3.05) is 11.4 Å². The highest BCUT2D eigenvalue weighted by molar-refractivity contribution is 8.14. The Kier molecular flexibility index (Phi) is 3.86. The second-order valence-corrected chi connectivity index (χ2v) is 5.69. The van der Waals surface area contributed by atoms with E-state index in [4.69, 9.17) is 5.26 Å². The van der Waals surface area contributed by atoms with Gasteiger partial charge in [0.05, 0.1) is 11.3 Å². The Morgan fingerprint density at radius 1 is 1.58 bits per heavy atom. The second kappa shape index (κ2) is 5.41. The summed E-state index contributed by atoms with van der Waals surface area (Å²) >= 11 is 1.10. The van der Waals surface area contributed by atoms with Gasteiger partial charge in [-0.25, -0.2) is 4.39 Å². The maximum absolute atomic E-state index is 13.3. The molecule has 2 rings (SSSR count). The molecule has 0 aromatic heterocycles. The predicted molar refractivity (Wildman–Crippen MR) is 70.1 cm³/mol. The molecule has 0 spiro atoms. The van der Waals surface area contributed by atoms with Gasteiger partial charge in [0.25, 0.3) is 0 Å². The van der Waals surface area contributed by atoms with Gasteiger partial charge in [0.2, 0.25) is 5.91 Å². The van der Waals surface area contributed by atoms with Gasteiger partial charge >= 0.3 is 0 Å². The minimum atomic E-state index is -0.496. The lowest BCUT2D eigenvalue weighted by molar-refractivity contribution is -0.117. The quantitative estimate of drug-likeness (QED) is 0.831. The molecule has 6 heteroatoms. The van der Waals surface area contributed by atoms with Crippen LogP contribution in [0.2, 0.25) is 0 Å². The fraction of sp³-hybridized carbons (Fsp3) is 0.308. The van der Waals surface area contributed by atoms with E-state index in [0.717, 1.165) is 11.8 Å². The molecule has 4 nitrogen and oxygen atoms in total. The van der Waals surface area contributed by atoms with Gasteiger partial charge < -0.3 is 4.90 Å². The molecule has 1 aromatic rings. The number of carbonyl (C=O) groups is 2. The van der Waals surface area contributed by atoms with Gasteiger partial charge in [0.1, 0.15) is 11.9 Å². The first-order valence-electron chi connectivity index (χ1n) is 5.68. The van der Waals surface area contributed by atoms with Gasteiger partial charge in [0, 0.05) is 25.1 Å². The number of nitriles is 1. The van der Waals surface area contributed by atoms with Gasteiger partial charge in [0.15, 0.2) is 5.12 Å². The minimum absolute atomic E-state index is 0.0561. The molecule has 0 radical (unpaired) electrons. The Balaban J connectivity index is 2.28. The van der Waals surface area contributed by atoms with Crippen molar-refractivity contribution in [3.8, 4) is 6.07 Å². The molecule has 1 aliphatic heterocycles. The minimum Gasteiger partial charge on any atom is -0.310 e. The molecule has 1 amide bonds. The summed E-state index contributed by atoms with van der Waals surface area (Å²) < 4.78 is 13.3. The number of nitrogens with zero attached hydrogens (tertiary/aromatic N) is 2. The number of benzene rings is 1. The molecule has 1 unspecified atom stereocenters. The van der Waals surface area contributed by atoms with E-state index in [0.29, 0.717) is 6.54 Å². The summed E-state index contributed by atoms with van der Waals surface area (Å²) in [5.74, 6) is -0.690. The SMILES string of the molecule is CC(=O)SC1CC(=O)N(c2cc(F)ccc2C#N)C1. The molecule has 0 bridgehead atoms. The molecule has 1 saturated heterocycles. The Morgan fingerprint density at radius 2 is 2.32 bits per heavy atom. The zero-order valence-electron chi connectivity index (χ0n) is 10.2. The standard InChI is InChI=1S/C13H11FN2O2S/c1-8(17)19-11-5-13(18)16(7-11)12-4-10(14)3-2-9(12)6-15/h2-4,11H,5,7H2,1H3. The van der Waals surface area contributed by atoms with Crippen LogP contribution >= 0.6 is 11.8 Å². The van der Waals surface area contributed by atoms with Crippen molar-refractivity contribution in [2.24, 2.45) is 0 Å². The van der Waals surface area contributed by atoms with Crippen molar-refractivity contribution in [1.82, 2.24) is 0 Å². The Hall–Kier alpha value is -1.87. The third-order valence-electron chi connectivity index (χ3n) is 2.79. The van der Waals surface area contributed by atoms with E-state index >= 15 is 0 Å². The van der Waals surface area contributed by atoms with Crippen molar-refractivity contribution >= 4 is 28.5 Å². The summed E-state index contributed by atoms with van der Waals surface area (Å²) in [5, 5.41) is 8.80. The number of hydrogen-bond donors (Lipinski definition) is 0. The van der Waals surface area contributed by atoms with E-state index in [1.165, 1.54) is 30.0 Å². The van der Waals surface area contributed by atoms with Crippen LogP contribution < -0.4 is 4.90 Å². The third kappa shape index (κ3) is 2.93. The zero-order valence-corrected chi connectivity index (χ0v) is 11.0. The van der Waals surface area contributed by atoms with E-state index in [1.807, 2.05) is 6.07 Å². The summed E-state index contributed by atoms with van der Waals surface area (Å²) in [5.41, 5.74) is 0.530. The van der Waals surface area contributed by atoms with Gasteiger partial charge in [-0.05, 0) is 18.2 Å². The highest BCUT2D eigenvalue weighted by Crippen LogP contribution is 2.31. The molecule has 1 aromatic carbocycles. The monoisotopic (exact) mass is 278 g/mol. The van der Waals surface area contributed by atoms with Crippen LogP contribution in [0.25, 0.3) is 0 Å². The highest BCUT2D eigenvalue weighted by atomic mass is 32.2. The lowest BCUT2D eigenvalue weighted by Gasteiger charge is -2.17. The Morgan fingerprint density at radius 3 is 2.95 bits per heavy atom. The van der Waals surface area contributed by atoms with E-state index in [-0.39, 0.29) is 33.9 Å². The van der Waals surface area contributed by atoms with Crippen LogP contribution in [-0.4, -0.2) is 22.8 Å². The molecule has 1 heterocycles.